The van der Waals surface area contributed by atoms with E-state index in [0.717, 1.165) is 12.0 Å². The van der Waals surface area contributed by atoms with Gasteiger partial charge < -0.3 is 0 Å². The molecule has 0 aliphatic heterocycles. The summed E-state index contributed by atoms with van der Waals surface area (Å²) in [5.74, 6) is -0.695. The van der Waals surface area contributed by atoms with Crippen LogP contribution in [-0.2, 0) is 12.8 Å². The fourth-order valence-corrected chi connectivity index (χ4v) is 1.99. The van der Waals surface area contributed by atoms with Crippen molar-refractivity contribution < 1.29 is 8.78 Å². The van der Waals surface area contributed by atoms with Crippen molar-refractivity contribution in [3.05, 3.63) is 70.8 Å². The first-order chi connectivity index (χ1) is 9.20. The molecule has 0 amide bonds. The Morgan fingerprint density at radius 1 is 0.947 bits per heavy atom. The van der Waals surface area contributed by atoms with Gasteiger partial charge in [-0.05, 0) is 48.6 Å². The van der Waals surface area contributed by atoms with Crippen molar-refractivity contribution in [3.63, 3.8) is 0 Å². The first-order valence-corrected chi connectivity index (χ1v) is 6.12. The van der Waals surface area contributed by atoms with E-state index in [1.165, 1.54) is 18.2 Å². The lowest BCUT2D eigenvalue weighted by atomic mass is 10.0. The van der Waals surface area contributed by atoms with Crippen molar-refractivity contribution in [2.75, 3.05) is 0 Å². The van der Waals surface area contributed by atoms with Crippen molar-refractivity contribution in [1.29, 1.82) is 5.26 Å². The molecule has 0 saturated carbocycles. The highest BCUT2D eigenvalue weighted by atomic mass is 19.1. The van der Waals surface area contributed by atoms with E-state index >= 15 is 0 Å². The predicted octanol–water partition coefficient (Wildman–Crippen LogP) is 4.01. The molecule has 0 atom stereocenters. The molecule has 2 rings (SSSR count). The van der Waals surface area contributed by atoms with Crippen LogP contribution in [0.5, 0.6) is 0 Å². The van der Waals surface area contributed by atoms with E-state index in [-0.39, 0.29) is 11.4 Å². The number of nitrogens with zero attached hydrogens (tertiary/aromatic N) is 1. The fourth-order valence-electron chi connectivity index (χ4n) is 1.99. The van der Waals surface area contributed by atoms with Gasteiger partial charge in [0.25, 0.3) is 0 Å². The fraction of sp³-hybridized carbons (Fsp3) is 0.188. The van der Waals surface area contributed by atoms with E-state index in [0.29, 0.717) is 18.4 Å². The van der Waals surface area contributed by atoms with E-state index in [2.05, 4.69) is 0 Å². The first kappa shape index (κ1) is 13.2. The molecule has 0 aliphatic rings. The van der Waals surface area contributed by atoms with E-state index in [1.807, 2.05) is 0 Å². The highest BCUT2D eigenvalue weighted by molar-refractivity contribution is 5.33. The highest BCUT2D eigenvalue weighted by Gasteiger charge is 2.04. The van der Waals surface area contributed by atoms with Crippen molar-refractivity contribution in [2.45, 2.75) is 19.3 Å². The molecule has 0 saturated heterocycles. The minimum atomic E-state index is -0.495. The Kier molecular flexibility index (Phi) is 4.25. The van der Waals surface area contributed by atoms with Gasteiger partial charge in [-0.2, -0.15) is 5.26 Å². The van der Waals surface area contributed by atoms with Gasteiger partial charge in [0.2, 0.25) is 0 Å². The Morgan fingerprint density at radius 3 is 2.42 bits per heavy atom. The number of rotatable bonds is 4. The van der Waals surface area contributed by atoms with Crippen molar-refractivity contribution in [1.82, 2.24) is 0 Å². The Balaban J connectivity index is 1.95. The molecule has 96 valence electrons. The lowest BCUT2D eigenvalue weighted by molar-refractivity contribution is 0.602. The second-order valence-electron chi connectivity index (χ2n) is 4.37. The molecule has 0 fully saturated rings. The molecule has 0 unspecified atom stereocenters. The molecule has 2 aromatic carbocycles. The maximum absolute atomic E-state index is 13.4. The van der Waals surface area contributed by atoms with Gasteiger partial charge in [-0.1, -0.05) is 24.3 Å². The SMILES string of the molecule is N#Cc1ccc(CCCc2ccccc2F)cc1F. The van der Waals surface area contributed by atoms with Crippen LogP contribution in [-0.4, -0.2) is 0 Å². The summed E-state index contributed by atoms with van der Waals surface area (Å²) in [5, 5.41) is 8.63. The molecule has 19 heavy (non-hydrogen) atoms. The summed E-state index contributed by atoms with van der Waals surface area (Å²) in [4.78, 5) is 0. The second kappa shape index (κ2) is 6.10. The van der Waals surface area contributed by atoms with Gasteiger partial charge in [0.15, 0.2) is 0 Å². The summed E-state index contributed by atoms with van der Waals surface area (Å²) in [7, 11) is 0. The monoisotopic (exact) mass is 257 g/mol. The lowest BCUT2D eigenvalue weighted by Crippen LogP contribution is -1.94. The van der Waals surface area contributed by atoms with Gasteiger partial charge >= 0.3 is 0 Å². The molecular weight excluding hydrogens is 244 g/mol. The van der Waals surface area contributed by atoms with E-state index < -0.39 is 5.82 Å². The third kappa shape index (κ3) is 3.38. The highest BCUT2D eigenvalue weighted by Crippen LogP contribution is 2.14. The molecule has 0 spiro atoms. The van der Waals surface area contributed by atoms with Crippen LogP contribution in [0.4, 0.5) is 8.78 Å². The van der Waals surface area contributed by atoms with Gasteiger partial charge in [-0.25, -0.2) is 8.78 Å². The maximum atomic E-state index is 13.4. The lowest BCUT2D eigenvalue weighted by Gasteiger charge is -2.04. The summed E-state index contributed by atoms with van der Waals surface area (Å²) in [6, 6.07) is 13.0. The van der Waals surface area contributed by atoms with Crippen LogP contribution in [0.1, 0.15) is 23.1 Å². The van der Waals surface area contributed by atoms with Crippen LogP contribution >= 0.6 is 0 Å². The smallest absolute Gasteiger partial charge is 0.141 e. The number of hydrogen-bond acceptors (Lipinski definition) is 1. The molecule has 0 bridgehead atoms. The molecule has 3 heteroatoms. The Bertz CT molecular complexity index is 614. The minimum absolute atomic E-state index is 0.0536. The zero-order chi connectivity index (χ0) is 13.7. The molecule has 0 aromatic heterocycles. The summed E-state index contributed by atoms with van der Waals surface area (Å²) < 4.78 is 26.8. The first-order valence-electron chi connectivity index (χ1n) is 6.12. The maximum Gasteiger partial charge on any atom is 0.141 e. The average Bonchev–Trinajstić information content (AvgIpc) is 2.41. The molecule has 0 N–H and O–H groups in total. The normalized spacial score (nSPS) is 10.2. The van der Waals surface area contributed by atoms with E-state index in [4.69, 9.17) is 5.26 Å². The molecule has 0 radical (unpaired) electrons. The van der Waals surface area contributed by atoms with Crippen LogP contribution in [0.15, 0.2) is 42.5 Å². The van der Waals surface area contributed by atoms with Gasteiger partial charge in [-0.15, -0.1) is 0 Å². The topological polar surface area (TPSA) is 23.8 Å². The summed E-state index contributed by atoms with van der Waals surface area (Å²) in [6.07, 6.45) is 2.03. The molecule has 0 aliphatic carbocycles. The third-order valence-corrected chi connectivity index (χ3v) is 3.02. The van der Waals surface area contributed by atoms with Gasteiger partial charge in [0.1, 0.15) is 17.7 Å². The van der Waals surface area contributed by atoms with Gasteiger partial charge in [0.05, 0.1) is 5.56 Å². The third-order valence-electron chi connectivity index (χ3n) is 3.02. The molecule has 2 aromatic rings. The Labute approximate surface area is 111 Å². The Hall–Kier alpha value is -2.21. The van der Waals surface area contributed by atoms with Crippen LogP contribution in [0, 0.1) is 23.0 Å². The van der Waals surface area contributed by atoms with Crippen LogP contribution < -0.4 is 0 Å². The molecule has 1 nitrogen and oxygen atoms in total. The number of halogens is 2. The zero-order valence-electron chi connectivity index (χ0n) is 10.4. The average molecular weight is 257 g/mol. The van der Waals surface area contributed by atoms with Crippen molar-refractivity contribution >= 4 is 0 Å². The van der Waals surface area contributed by atoms with E-state index in [1.54, 1.807) is 30.3 Å². The molecular formula is C16H13F2N. The van der Waals surface area contributed by atoms with Gasteiger partial charge in [0, 0.05) is 0 Å². The predicted molar refractivity (Wildman–Crippen MR) is 69.5 cm³/mol. The zero-order valence-corrected chi connectivity index (χ0v) is 10.4. The Morgan fingerprint density at radius 2 is 1.74 bits per heavy atom. The standard InChI is InChI=1S/C16H13F2N/c17-15-7-2-1-5-13(15)6-3-4-12-8-9-14(11-19)16(18)10-12/h1-2,5,7-10H,3-4,6H2. The van der Waals surface area contributed by atoms with Crippen LogP contribution in [0.25, 0.3) is 0 Å². The summed E-state index contributed by atoms with van der Waals surface area (Å²) in [6.45, 7) is 0. The number of nitriles is 1. The number of hydrogen-bond donors (Lipinski definition) is 0. The van der Waals surface area contributed by atoms with E-state index in [9.17, 15) is 8.78 Å². The van der Waals surface area contributed by atoms with Crippen LogP contribution in [0.3, 0.4) is 0 Å². The second-order valence-corrected chi connectivity index (χ2v) is 4.37. The largest absolute Gasteiger partial charge is 0.207 e. The quantitative estimate of drug-likeness (QED) is 0.811. The van der Waals surface area contributed by atoms with Crippen LogP contribution in [0.2, 0.25) is 0 Å². The molecule has 0 heterocycles. The minimum Gasteiger partial charge on any atom is -0.207 e. The summed E-state index contributed by atoms with van der Waals surface area (Å²) in [5.41, 5.74) is 1.56. The van der Waals surface area contributed by atoms with Crippen molar-refractivity contribution in [2.24, 2.45) is 0 Å². The number of aryl methyl sites for hydroxylation is 2. The van der Waals surface area contributed by atoms with Gasteiger partial charge in [-0.3, -0.25) is 0 Å². The summed E-state index contributed by atoms with van der Waals surface area (Å²) >= 11 is 0. The van der Waals surface area contributed by atoms with Crippen molar-refractivity contribution in [3.8, 4) is 6.07 Å². The number of benzene rings is 2.